The molecule has 0 radical (unpaired) electrons. The van der Waals surface area contributed by atoms with Crippen molar-refractivity contribution in [3.05, 3.63) is 157 Å². The van der Waals surface area contributed by atoms with E-state index in [0.29, 0.717) is 11.8 Å². The molecule has 0 N–H and O–H groups in total. The van der Waals surface area contributed by atoms with Gasteiger partial charge in [0.2, 0.25) is 0 Å². The maximum absolute atomic E-state index is 10.9. The molecule has 2 heterocycles. The van der Waals surface area contributed by atoms with Crippen molar-refractivity contribution in [3.8, 4) is 23.6 Å². The van der Waals surface area contributed by atoms with Crippen molar-refractivity contribution >= 4 is 49.3 Å². The summed E-state index contributed by atoms with van der Waals surface area (Å²) >= 11 is 0. The molecule has 4 atom stereocenters. The van der Waals surface area contributed by atoms with Gasteiger partial charge in [-0.1, -0.05) is 116 Å². The van der Waals surface area contributed by atoms with Gasteiger partial charge in [-0.3, -0.25) is 0 Å². The lowest BCUT2D eigenvalue weighted by Crippen LogP contribution is -2.33. The summed E-state index contributed by atoms with van der Waals surface area (Å²) in [6.45, 7) is 4.41. The normalized spacial score (nSPS) is 21.8. The minimum atomic E-state index is -0.732. The van der Waals surface area contributed by atoms with Gasteiger partial charge in [-0.25, -0.2) is 0 Å². The van der Waals surface area contributed by atoms with Gasteiger partial charge in [-0.05, 0) is 66.4 Å². The third kappa shape index (κ3) is 4.08. The van der Waals surface area contributed by atoms with Gasteiger partial charge < -0.3 is 9.13 Å². The molecule has 2 aliphatic carbocycles. The van der Waals surface area contributed by atoms with Gasteiger partial charge in [0.15, 0.2) is 0 Å². The zero-order valence-corrected chi connectivity index (χ0v) is 26.9. The monoisotopic (exact) mass is 615 g/mol. The van der Waals surface area contributed by atoms with Crippen LogP contribution in [0.2, 0.25) is 0 Å². The second kappa shape index (κ2) is 10.8. The number of para-hydroxylation sites is 3. The fourth-order valence-electron chi connectivity index (χ4n) is 8.12. The molecule has 0 saturated heterocycles. The molecule has 2 aromatic heterocycles. The van der Waals surface area contributed by atoms with Crippen molar-refractivity contribution in [1.82, 2.24) is 9.13 Å². The Morgan fingerprint density at radius 2 is 1.29 bits per heavy atom. The Balaban J connectivity index is 1.19. The fraction of sp³-hybridized carbons (Fsp3) is 0.133. The van der Waals surface area contributed by atoms with Crippen LogP contribution in [0.25, 0.3) is 55.0 Å². The number of hydrogen-bond acceptors (Lipinski definition) is 1. The SMILES string of the molecule is CC1C=CC=CC1c1ccc2c(c1)c1ccccc1n2-c1cccc(C2(C)C#CC=C(n3c4ccccc4c4ccccc43)C2C#N)c1. The van der Waals surface area contributed by atoms with Gasteiger partial charge >= 0.3 is 0 Å². The van der Waals surface area contributed by atoms with Crippen molar-refractivity contribution < 1.29 is 0 Å². The summed E-state index contributed by atoms with van der Waals surface area (Å²) in [4.78, 5) is 0. The number of fused-ring (bicyclic) bond motifs is 6. The van der Waals surface area contributed by atoms with Crippen molar-refractivity contribution in [3.63, 3.8) is 0 Å². The summed E-state index contributed by atoms with van der Waals surface area (Å²) in [6.07, 6.45) is 10.9. The summed E-state index contributed by atoms with van der Waals surface area (Å²) in [5, 5.41) is 15.7. The summed E-state index contributed by atoms with van der Waals surface area (Å²) in [7, 11) is 0. The maximum atomic E-state index is 10.9. The molecule has 0 fully saturated rings. The van der Waals surface area contributed by atoms with E-state index in [4.69, 9.17) is 0 Å². The molecule has 0 saturated carbocycles. The molecule has 3 nitrogen and oxygen atoms in total. The molecule has 0 amide bonds. The molecular formula is C45H33N3. The van der Waals surface area contributed by atoms with Crippen LogP contribution < -0.4 is 0 Å². The van der Waals surface area contributed by atoms with Crippen LogP contribution in [-0.4, -0.2) is 9.13 Å². The number of rotatable bonds is 4. The van der Waals surface area contributed by atoms with Gasteiger partial charge in [0, 0.05) is 39.2 Å². The predicted molar refractivity (Wildman–Crippen MR) is 199 cm³/mol. The number of benzene rings is 5. The minimum absolute atomic E-state index is 0.356. The number of hydrogen-bond donors (Lipinski definition) is 0. The molecule has 4 unspecified atom stereocenters. The van der Waals surface area contributed by atoms with E-state index in [9.17, 15) is 5.26 Å². The Kier molecular flexibility index (Phi) is 6.33. The van der Waals surface area contributed by atoms with E-state index >= 15 is 0 Å². The van der Waals surface area contributed by atoms with Crippen molar-refractivity contribution in [2.75, 3.05) is 0 Å². The van der Waals surface area contributed by atoms with Gasteiger partial charge in [0.1, 0.15) is 5.92 Å². The largest absolute Gasteiger partial charge is 0.311 e. The van der Waals surface area contributed by atoms with Gasteiger partial charge in [-0.15, -0.1) is 0 Å². The van der Waals surface area contributed by atoms with E-state index in [2.05, 4.69) is 180 Å². The first kappa shape index (κ1) is 28.2. The predicted octanol–water partition coefficient (Wildman–Crippen LogP) is 10.7. The van der Waals surface area contributed by atoms with Crippen molar-refractivity contribution in [2.45, 2.75) is 25.2 Å². The summed E-state index contributed by atoms with van der Waals surface area (Å²) in [5.41, 5.74) is 8.11. The third-order valence-electron chi connectivity index (χ3n) is 10.6. The van der Waals surface area contributed by atoms with Crippen LogP contribution in [0.4, 0.5) is 0 Å². The van der Waals surface area contributed by atoms with Crippen LogP contribution >= 0.6 is 0 Å². The average molecular weight is 616 g/mol. The molecule has 228 valence electrons. The van der Waals surface area contributed by atoms with Crippen LogP contribution in [0.3, 0.4) is 0 Å². The molecule has 9 rings (SSSR count). The highest BCUT2D eigenvalue weighted by atomic mass is 15.0. The summed E-state index contributed by atoms with van der Waals surface area (Å²) < 4.78 is 4.61. The average Bonchev–Trinajstić information content (AvgIpc) is 3.64. The lowest BCUT2D eigenvalue weighted by molar-refractivity contribution is 0.530. The van der Waals surface area contributed by atoms with E-state index in [1.807, 2.05) is 6.08 Å². The van der Waals surface area contributed by atoms with Crippen LogP contribution in [0.15, 0.2) is 146 Å². The molecular weight excluding hydrogens is 583 g/mol. The van der Waals surface area contributed by atoms with Gasteiger partial charge in [-0.2, -0.15) is 5.26 Å². The van der Waals surface area contributed by atoms with E-state index in [1.54, 1.807) is 0 Å². The first-order chi connectivity index (χ1) is 23.6. The Morgan fingerprint density at radius 3 is 1.98 bits per heavy atom. The number of allylic oxidation sites excluding steroid dienone is 6. The van der Waals surface area contributed by atoms with E-state index in [-0.39, 0.29) is 0 Å². The molecule has 48 heavy (non-hydrogen) atoms. The van der Waals surface area contributed by atoms with Gasteiger partial charge in [0.05, 0.1) is 39.2 Å². The van der Waals surface area contributed by atoms with Gasteiger partial charge in [0.25, 0.3) is 0 Å². The molecule has 0 spiro atoms. The highest BCUT2D eigenvalue weighted by Gasteiger charge is 2.40. The second-order valence-electron chi connectivity index (χ2n) is 13.3. The van der Waals surface area contributed by atoms with Crippen molar-refractivity contribution in [2.24, 2.45) is 11.8 Å². The van der Waals surface area contributed by atoms with Crippen molar-refractivity contribution in [1.29, 1.82) is 5.26 Å². The Morgan fingerprint density at radius 1 is 0.667 bits per heavy atom. The van der Waals surface area contributed by atoms with Crippen LogP contribution in [-0.2, 0) is 5.41 Å². The molecule has 0 bridgehead atoms. The molecule has 7 aromatic rings. The number of aromatic nitrogens is 2. The zero-order chi connectivity index (χ0) is 32.4. The van der Waals surface area contributed by atoms with Crippen LogP contribution in [0.5, 0.6) is 0 Å². The maximum Gasteiger partial charge on any atom is 0.108 e. The topological polar surface area (TPSA) is 33.6 Å². The molecule has 0 aliphatic heterocycles. The first-order valence-electron chi connectivity index (χ1n) is 16.7. The highest BCUT2D eigenvalue weighted by molar-refractivity contribution is 6.11. The molecule has 5 aromatic carbocycles. The van der Waals surface area contributed by atoms with E-state index in [1.165, 1.54) is 32.6 Å². The standard InChI is InChI=1S/C45H33N3/c1-30-13-3-4-16-34(30)31-24-25-43-38(27-31)37-19-7-8-20-40(37)47(43)33-15-11-14-32(28-33)45(2)26-12-23-44(39(45)29-46)48-41-21-9-5-17-35(41)36-18-6-10-22-42(36)48/h3-11,13-25,27-28,30,34,39H,1-2H3. The van der Waals surface area contributed by atoms with E-state index < -0.39 is 11.3 Å². The van der Waals surface area contributed by atoms with Crippen LogP contribution in [0, 0.1) is 35.0 Å². The number of nitrogens with zero attached hydrogens (tertiary/aromatic N) is 3. The zero-order valence-electron chi connectivity index (χ0n) is 26.9. The first-order valence-corrected chi connectivity index (χ1v) is 16.7. The molecule has 3 heteroatoms. The Bertz CT molecular complexity index is 2590. The minimum Gasteiger partial charge on any atom is -0.311 e. The fourth-order valence-corrected chi connectivity index (χ4v) is 8.12. The highest BCUT2D eigenvalue weighted by Crippen LogP contribution is 2.44. The Labute approximate surface area is 280 Å². The summed E-state index contributed by atoms with van der Waals surface area (Å²) in [5.74, 6) is 7.18. The lowest BCUT2D eigenvalue weighted by atomic mass is 9.69. The summed E-state index contributed by atoms with van der Waals surface area (Å²) in [6, 6.07) is 43.8. The Hall–Kier alpha value is -6.03. The molecule has 2 aliphatic rings. The van der Waals surface area contributed by atoms with E-state index in [0.717, 1.165) is 33.5 Å². The quantitative estimate of drug-likeness (QED) is 0.181. The number of nitriles is 1. The lowest BCUT2D eigenvalue weighted by Gasteiger charge is -2.34. The smallest absolute Gasteiger partial charge is 0.108 e. The second-order valence-corrected chi connectivity index (χ2v) is 13.3. The van der Waals surface area contributed by atoms with Crippen LogP contribution in [0.1, 0.15) is 30.9 Å². The third-order valence-corrected chi connectivity index (χ3v) is 10.6.